The van der Waals surface area contributed by atoms with E-state index in [9.17, 15) is 5.11 Å². The van der Waals surface area contributed by atoms with Crippen molar-refractivity contribution in [3.8, 4) is 0 Å². The maximum Gasteiger partial charge on any atom is 0.0674 e. The van der Waals surface area contributed by atoms with Crippen LogP contribution in [0, 0.1) is 0 Å². The standard InChI is InChI=1S/C16H32N2O2/c1-12(2)17-16(11-19)7-5-6-15(8-16)18-9-14(4)20-10-13(18)3/h12-15,17,19H,5-11H2,1-4H3. The zero-order valence-corrected chi connectivity index (χ0v) is 13.6. The van der Waals surface area contributed by atoms with Crippen molar-refractivity contribution >= 4 is 0 Å². The Morgan fingerprint density at radius 1 is 1.40 bits per heavy atom. The van der Waals surface area contributed by atoms with E-state index in [1.54, 1.807) is 0 Å². The van der Waals surface area contributed by atoms with E-state index >= 15 is 0 Å². The van der Waals surface area contributed by atoms with Crippen LogP contribution in [0.4, 0.5) is 0 Å². The number of aliphatic hydroxyl groups is 1. The summed E-state index contributed by atoms with van der Waals surface area (Å²) in [5.74, 6) is 0. The normalized spacial score (nSPS) is 40.2. The van der Waals surface area contributed by atoms with Crippen LogP contribution in [0.5, 0.6) is 0 Å². The van der Waals surface area contributed by atoms with Crippen LogP contribution in [0.1, 0.15) is 53.4 Å². The molecule has 20 heavy (non-hydrogen) atoms. The van der Waals surface area contributed by atoms with Gasteiger partial charge in [0.25, 0.3) is 0 Å². The molecule has 4 unspecified atom stereocenters. The fourth-order valence-electron chi connectivity index (χ4n) is 3.98. The third kappa shape index (κ3) is 3.73. The summed E-state index contributed by atoms with van der Waals surface area (Å²) in [6, 6.07) is 1.48. The van der Waals surface area contributed by atoms with E-state index in [1.807, 2.05) is 0 Å². The summed E-state index contributed by atoms with van der Waals surface area (Å²) in [5, 5.41) is 13.6. The van der Waals surface area contributed by atoms with Crippen LogP contribution < -0.4 is 5.32 Å². The highest BCUT2D eigenvalue weighted by atomic mass is 16.5. The number of rotatable bonds is 4. The van der Waals surface area contributed by atoms with Crippen molar-refractivity contribution in [1.29, 1.82) is 0 Å². The van der Waals surface area contributed by atoms with Crippen molar-refractivity contribution in [2.24, 2.45) is 0 Å². The number of nitrogens with one attached hydrogen (secondary N) is 1. The van der Waals surface area contributed by atoms with Crippen molar-refractivity contribution < 1.29 is 9.84 Å². The third-order valence-corrected chi connectivity index (χ3v) is 4.84. The topological polar surface area (TPSA) is 44.7 Å². The minimum Gasteiger partial charge on any atom is -0.394 e. The maximum absolute atomic E-state index is 9.92. The third-order valence-electron chi connectivity index (χ3n) is 4.84. The number of aliphatic hydroxyl groups excluding tert-OH is 1. The lowest BCUT2D eigenvalue weighted by atomic mass is 9.78. The molecule has 4 heteroatoms. The fraction of sp³-hybridized carbons (Fsp3) is 1.00. The Morgan fingerprint density at radius 3 is 2.80 bits per heavy atom. The SMILES string of the molecule is CC(C)NC1(CO)CCCC(N2CC(C)OCC2C)C1. The highest BCUT2D eigenvalue weighted by Gasteiger charge is 2.40. The Kier molecular flexibility index (Phi) is 5.46. The molecule has 0 aromatic carbocycles. The number of hydrogen-bond acceptors (Lipinski definition) is 4. The summed E-state index contributed by atoms with van der Waals surface area (Å²) in [5.41, 5.74) is -0.0850. The second kappa shape index (κ2) is 6.73. The van der Waals surface area contributed by atoms with Crippen LogP contribution >= 0.6 is 0 Å². The number of nitrogens with zero attached hydrogens (tertiary/aromatic N) is 1. The maximum atomic E-state index is 9.92. The molecule has 2 rings (SSSR count). The predicted molar refractivity (Wildman–Crippen MR) is 81.9 cm³/mol. The highest BCUT2D eigenvalue weighted by Crippen LogP contribution is 2.33. The van der Waals surface area contributed by atoms with E-state index in [0.29, 0.717) is 24.2 Å². The molecule has 2 fully saturated rings. The molecule has 0 radical (unpaired) electrons. The van der Waals surface area contributed by atoms with Gasteiger partial charge in [0.05, 0.1) is 19.3 Å². The molecule has 0 amide bonds. The van der Waals surface area contributed by atoms with Gasteiger partial charge in [0.1, 0.15) is 0 Å². The van der Waals surface area contributed by atoms with Gasteiger partial charge in [-0.25, -0.2) is 0 Å². The summed E-state index contributed by atoms with van der Waals surface area (Å²) in [6.45, 7) is 10.9. The smallest absolute Gasteiger partial charge is 0.0674 e. The molecule has 0 bridgehead atoms. The van der Waals surface area contributed by atoms with Gasteiger partial charge in [0.2, 0.25) is 0 Å². The molecule has 1 heterocycles. The van der Waals surface area contributed by atoms with Gasteiger partial charge in [0.15, 0.2) is 0 Å². The second-order valence-electron chi connectivity index (χ2n) is 7.18. The van der Waals surface area contributed by atoms with Crippen LogP contribution in [-0.2, 0) is 4.74 Å². The first kappa shape index (κ1) is 16.2. The first-order chi connectivity index (χ1) is 9.46. The van der Waals surface area contributed by atoms with E-state index in [0.717, 1.165) is 26.0 Å². The van der Waals surface area contributed by atoms with Gasteiger partial charge in [0, 0.05) is 30.2 Å². The van der Waals surface area contributed by atoms with E-state index in [4.69, 9.17) is 4.74 Å². The monoisotopic (exact) mass is 284 g/mol. The largest absolute Gasteiger partial charge is 0.394 e. The molecule has 1 aliphatic heterocycles. The molecule has 0 aromatic rings. The van der Waals surface area contributed by atoms with E-state index in [1.165, 1.54) is 12.8 Å². The van der Waals surface area contributed by atoms with E-state index < -0.39 is 0 Å². The summed E-state index contributed by atoms with van der Waals surface area (Å²) in [7, 11) is 0. The molecule has 118 valence electrons. The Morgan fingerprint density at radius 2 is 2.15 bits per heavy atom. The highest BCUT2D eigenvalue weighted by molar-refractivity contribution is 4.98. The zero-order valence-electron chi connectivity index (χ0n) is 13.6. The quantitative estimate of drug-likeness (QED) is 0.826. The van der Waals surface area contributed by atoms with Gasteiger partial charge in [-0.1, -0.05) is 13.8 Å². The molecular formula is C16H32N2O2. The molecule has 4 atom stereocenters. The molecule has 1 aliphatic carbocycles. The molecule has 0 spiro atoms. The summed E-state index contributed by atoms with van der Waals surface area (Å²) < 4.78 is 5.75. The summed E-state index contributed by atoms with van der Waals surface area (Å²) >= 11 is 0. The van der Waals surface area contributed by atoms with Crippen LogP contribution in [0.3, 0.4) is 0 Å². The van der Waals surface area contributed by atoms with Gasteiger partial charge in [-0.3, -0.25) is 4.90 Å². The van der Waals surface area contributed by atoms with Crippen LogP contribution in [0.15, 0.2) is 0 Å². The second-order valence-corrected chi connectivity index (χ2v) is 7.18. The lowest BCUT2D eigenvalue weighted by Gasteiger charge is -2.49. The van der Waals surface area contributed by atoms with Gasteiger partial charge in [-0.2, -0.15) is 0 Å². The van der Waals surface area contributed by atoms with Gasteiger partial charge in [-0.15, -0.1) is 0 Å². The fourth-order valence-corrected chi connectivity index (χ4v) is 3.98. The van der Waals surface area contributed by atoms with Crippen LogP contribution in [0.2, 0.25) is 0 Å². The molecule has 0 aromatic heterocycles. The molecule has 4 nitrogen and oxygen atoms in total. The zero-order chi connectivity index (χ0) is 14.8. The lowest BCUT2D eigenvalue weighted by molar-refractivity contribution is -0.0796. The summed E-state index contributed by atoms with van der Waals surface area (Å²) in [4.78, 5) is 2.61. The molecule has 1 saturated heterocycles. The minimum atomic E-state index is -0.0850. The molecule has 1 saturated carbocycles. The molecule has 2 N–H and O–H groups in total. The number of hydrogen-bond donors (Lipinski definition) is 2. The van der Waals surface area contributed by atoms with Gasteiger partial charge in [-0.05, 0) is 39.5 Å². The van der Waals surface area contributed by atoms with E-state index in [2.05, 4.69) is 37.9 Å². The number of morpholine rings is 1. The van der Waals surface area contributed by atoms with Crippen LogP contribution in [-0.4, -0.2) is 59.5 Å². The van der Waals surface area contributed by atoms with Crippen molar-refractivity contribution in [2.75, 3.05) is 19.8 Å². The Labute approximate surface area is 123 Å². The first-order valence-electron chi connectivity index (χ1n) is 8.21. The van der Waals surface area contributed by atoms with Gasteiger partial charge < -0.3 is 15.2 Å². The Bertz CT molecular complexity index is 311. The lowest BCUT2D eigenvalue weighted by Crippen LogP contribution is -2.60. The van der Waals surface area contributed by atoms with Crippen molar-refractivity contribution in [1.82, 2.24) is 10.2 Å². The van der Waals surface area contributed by atoms with Crippen LogP contribution in [0.25, 0.3) is 0 Å². The Balaban J connectivity index is 2.04. The molecular weight excluding hydrogens is 252 g/mol. The minimum absolute atomic E-state index is 0.0850. The van der Waals surface area contributed by atoms with E-state index in [-0.39, 0.29) is 12.1 Å². The van der Waals surface area contributed by atoms with Crippen molar-refractivity contribution in [3.05, 3.63) is 0 Å². The summed E-state index contributed by atoms with van der Waals surface area (Å²) in [6.07, 6.45) is 4.92. The van der Waals surface area contributed by atoms with Gasteiger partial charge >= 0.3 is 0 Å². The number of ether oxygens (including phenoxy) is 1. The molecule has 2 aliphatic rings. The average molecular weight is 284 g/mol. The van der Waals surface area contributed by atoms with Crippen molar-refractivity contribution in [2.45, 2.75) is 83.1 Å². The average Bonchev–Trinajstić information content (AvgIpc) is 2.41. The van der Waals surface area contributed by atoms with Crippen molar-refractivity contribution in [3.63, 3.8) is 0 Å². The Hall–Kier alpha value is -0.160. The predicted octanol–water partition coefficient (Wildman–Crippen LogP) is 1.77. The first-order valence-corrected chi connectivity index (χ1v) is 8.21.